The minimum absolute atomic E-state index is 0.158. The number of carbonyl (C=O) groups excluding carboxylic acids is 1. The van der Waals surface area contributed by atoms with E-state index in [-0.39, 0.29) is 12.5 Å². The third-order valence-electron chi connectivity index (χ3n) is 3.36. The Morgan fingerprint density at radius 1 is 1.26 bits per heavy atom. The zero-order chi connectivity index (χ0) is 17.0. The van der Waals surface area contributed by atoms with Gasteiger partial charge in [-0.25, -0.2) is 12.7 Å². The minimum atomic E-state index is -3.87. The molecule has 1 amide bonds. The van der Waals surface area contributed by atoms with E-state index in [9.17, 15) is 13.2 Å². The number of amides is 1. The molecular weight excluding hydrogens is 318 g/mol. The first-order chi connectivity index (χ1) is 10.8. The highest BCUT2D eigenvalue weighted by Gasteiger charge is 2.39. The molecule has 1 heterocycles. The molecule has 0 N–H and O–H groups in total. The first-order valence-corrected chi connectivity index (χ1v) is 8.88. The van der Waals surface area contributed by atoms with Gasteiger partial charge in [0.15, 0.2) is 0 Å². The summed E-state index contributed by atoms with van der Waals surface area (Å²) in [5, 5.41) is 1.04. The van der Waals surface area contributed by atoms with Crippen LogP contribution in [0.1, 0.15) is 32.3 Å². The van der Waals surface area contributed by atoms with Crippen LogP contribution in [0.5, 0.6) is 5.75 Å². The van der Waals surface area contributed by atoms with Crippen molar-refractivity contribution in [1.29, 1.82) is 0 Å². The highest BCUT2D eigenvalue weighted by Crippen LogP contribution is 2.25. The van der Waals surface area contributed by atoms with Crippen LogP contribution in [0.25, 0.3) is 6.08 Å². The van der Waals surface area contributed by atoms with E-state index in [0.717, 1.165) is 9.71 Å². The van der Waals surface area contributed by atoms with Gasteiger partial charge >= 0.3 is 0 Å². The zero-order valence-electron chi connectivity index (χ0n) is 13.4. The Morgan fingerprint density at radius 3 is 2.48 bits per heavy atom. The molecule has 1 fully saturated rings. The van der Waals surface area contributed by atoms with Crippen molar-refractivity contribution < 1.29 is 22.7 Å². The van der Waals surface area contributed by atoms with Crippen LogP contribution in [0.4, 0.5) is 0 Å². The average Bonchev–Trinajstić information content (AvgIpc) is 2.86. The highest BCUT2D eigenvalue weighted by molar-refractivity contribution is 7.92. The van der Waals surface area contributed by atoms with Gasteiger partial charge in [0.25, 0.3) is 10.0 Å². The van der Waals surface area contributed by atoms with Gasteiger partial charge in [-0.3, -0.25) is 4.79 Å². The van der Waals surface area contributed by atoms with Gasteiger partial charge in [-0.1, -0.05) is 12.1 Å². The van der Waals surface area contributed by atoms with Gasteiger partial charge in [-0.05, 0) is 37.6 Å². The van der Waals surface area contributed by atoms with Crippen molar-refractivity contribution in [3.05, 3.63) is 35.2 Å². The molecule has 1 atom stereocenters. The fraction of sp³-hybridized carbons (Fsp3) is 0.438. The Labute approximate surface area is 136 Å². The topological polar surface area (TPSA) is 72.9 Å². The maximum atomic E-state index is 12.4. The summed E-state index contributed by atoms with van der Waals surface area (Å²) in [6, 6.07) is 6.94. The molecule has 0 aromatic heterocycles. The van der Waals surface area contributed by atoms with Crippen molar-refractivity contribution in [3.63, 3.8) is 0 Å². The molecule has 0 spiro atoms. The van der Waals surface area contributed by atoms with Crippen LogP contribution in [0.3, 0.4) is 0 Å². The molecule has 1 unspecified atom stereocenters. The molecule has 1 aromatic carbocycles. The van der Waals surface area contributed by atoms with Crippen LogP contribution < -0.4 is 4.74 Å². The Morgan fingerprint density at radius 2 is 1.91 bits per heavy atom. The first-order valence-electron chi connectivity index (χ1n) is 7.38. The standard InChI is InChI=1S/C16H21NO5S/c1-12(2)22-16-9-8-15(18)17(16)23(19,20)11-10-13-4-6-14(21-3)7-5-13/h4-7,10-12,16H,8-9H2,1-3H3. The third-order valence-corrected chi connectivity index (χ3v) is 4.83. The number of benzene rings is 1. The van der Waals surface area contributed by atoms with Crippen LogP contribution in [-0.4, -0.2) is 38.1 Å². The molecule has 1 saturated heterocycles. The summed E-state index contributed by atoms with van der Waals surface area (Å²) < 4.78 is 36.3. The summed E-state index contributed by atoms with van der Waals surface area (Å²) in [6.07, 6.45) is 1.12. The number of sulfonamides is 1. The summed E-state index contributed by atoms with van der Waals surface area (Å²) >= 11 is 0. The van der Waals surface area contributed by atoms with E-state index in [4.69, 9.17) is 9.47 Å². The van der Waals surface area contributed by atoms with Crippen molar-refractivity contribution in [1.82, 2.24) is 4.31 Å². The van der Waals surface area contributed by atoms with E-state index in [0.29, 0.717) is 17.7 Å². The lowest BCUT2D eigenvalue weighted by molar-refractivity contribution is -0.129. The number of hydrogen-bond donors (Lipinski definition) is 0. The van der Waals surface area contributed by atoms with E-state index >= 15 is 0 Å². The molecule has 0 saturated carbocycles. The van der Waals surface area contributed by atoms with Gasteiger partial charge in [-0.15, -0.1) is 0 Å². The normalized spacial score (nSPS) is 19.0. The Bertz CT molecular complexity index is 679. The zero-order valence-corrected chi connectivity index (χ0v) is 14.2. The molecule has 1 aromatic rings. The molecule has 126 valence electrons. The molecule has 1 aliphatic heterocycles. The molecule has 0 radical (unpaired) electrons. The van der Waals surface area contributed by atoms with Crippen molar-refractivity contribution in [3.8, 4) is 5.75 Å². The van der Waals surface area contributed by atoms with Crippen LogP contribution in [0.2, 0.25) is 0 Å². The van der Waals surface area contributed by atoms with Crippen molar-refractivity contribution >= 4 is 22.0 Å². The maximum absolute atomic E-state index is 12.4. The van der Waals surface area contributed by atoms with E-state index in [1.807, 2.05) is 0 Å². The third kappa shape index (κ3) is 4.33. The van der Waals surface area contributed by atoms with E-state index < -0.39 is 22.2 Å². The SMILES string of the molecule is COc1ccc(C=CS(=O)(=O)N2C(=O)CCC2OC(C)C)cc1. The summed E-state index contributed by atoms with van der Waals surface area (Å²) in [7, 11) is -2.31. The number of carbonyl (C=O) groups is 1. The molecule has 7 heteroatoms. The van der Waals surface area contributed by atoms with Gasteiger partial charge in [0, 0.05) is 12.8 Å². The molecular formula is C16H21NO5S. The average molecular weight is 339 g/mol. The van der Waals surface area contributed by atoms with E-state index in [1.54, 1.807) is 45.2 Å². The first kappa shape index (κ1) is 17.5. The minimum Gasteiger partial charge on any atom is -0.497 e. The van der Waals surface area contributed by atoms with Crippen LogP contribution in [-0.2, 0) is 19.6 Å². The second-order valence-corrected chi connectivity index (χ2v) is 7.18. The maximum Gasteiger partial charge on any atom is 0.261 e. The molecule has 23 heavy (non-hydrogen) atoms. The van der Waals surface area contributed by atoms with Gasteiger partial charge in [-0.2, -0.15) is 0 Å². The predicted octanol–water partition coefficient (Wildman–Crippen LogP) is 2.37. The van der Waals surface area contributed by atoms with Gasteiger partial charge < -0.3 is 9.47 Å². The monoisotopic (exact) mass is 339 g/mol. The van der Waals surface area contributed by atoms with Gasteiger partial charge in [0.2, 0.25) is 5.91 Å². The fourth-order valence-electron chi connectivity index (χ4n) is 2.32. The lowest BCUT2D eigenvalue weighted by Crippen LogP contribution is -2.40. The van der Waals surface area contributed by atoms with E-state index in [2.05, 4.69) is 0 Å². The second kappa shape index (κ2) is 7.14. The molecule has 1 aliphatic rings. The van der Waals surface area contributed by atoms with Crippen molar-refractivity contribution in [2.24, 2.45) is 0 Å². The largest absolute Gasteiger partial charge is 0.497 e. The summed E-state index contributed by atoms with van der Waals surface area (Å²) in [4.78, 5) is 11.9. The predicted molar refractivity (Wildman–Crippen MR) is 87.0 cm³/mol. The number of methoxy groups -OCH3 is 1. The molecule has 6 nitrogen and oxygen atoms in total. The fourth-order valence-corrected chi connectivity index (χ4v) is 3.64. The Balaban J connectivity index is 2.18. The number of rotatable bonds is 6. The smallest absolute Gasteiger partial charge is 0.261 e. The Hall–Kier alpha value is -1.86. The van der Waals surface area contributed by atoms with Crippen LogP contribution >= 0.6 is 0 Å². The highest BCUT2D eigenvalue weighted by atomic mass is 32.2. The summed E-state index contributed by atoms with van der Waals surface area (Å²) in [5.74, 6) is 0.250. The molecule has 0 bridgehead atoms. The summed E-state index contributed by atoms with van der Waals surface area (Å²) in [5.41, 5.74) is 0.697. The second-order valence-electron chi connectivity index (χ2n) is 5.49. The summed E-state index contributed by atoms with van der Waals surface area (Å²) in [6.45, 7) is 3.61. The molecule has 2 rings (SSSR count). The quantitative estimate of drug-likeness (QED) is 0.795. The Kier molecular flexibility index (Phi) is 5.43. The van der Waals surface area contributed by atoms with Crippen molar-refractivity contribution in [2.75, 3.05) is 7.11 Å². The van der Waals surface area contributed by atoms with Crippen LogP contribution in [0, 0.1) is 0 Å². The number of ether oxygens (including phenoxy) is 2. The van der Waals surface area contributed by atoms with Crippen LogP contribution in [0.15, 0.2) is 29.7 Å². The van der Waals surface area contributed by atoms with Gasteiger partial charge in [0.05, 0.1) is 18.6 Å². The lowest BCUT2D eigenvalue weighted by Gasteiger charge is -2.24. The van der Waals surface area contributed by atoms with Gasteiger partial charge in [0.1, 0.15) is 12.0 Å². The molecule has 0 aliphatic carbocycles. The lowest BCUT2D eigenvalue weighted by atomic mass is 10.2. The number of nitrogens with zero attached hydrogens (tertiary/aromatic N) is 1. The number of hydrogen-bond acceptors (Lipinski definition) is 5. The van der Waals surface area contributed by atoms with Crippen molar-refractivity contribution in [2.45, 2.75) is 39.0 Å². The van der Waals surface area contributed by atoms with E-state index in [1.165, 1.54) is 6.08 Å².